The summed E-state index contributed by atoms with van der Waals surface area (Å²) >= 11 is 0. The van der Waals surface area contributed by atoms with Gasteiger partial charge >= 0.3 is 5.97 Å². The molecule has 0 fully saturated rings. The maximum absolute atomic E-state index is 10.9. The number of carbonyl (C=O) groups is 1. The number of hydrogen-bond donors (Lipinski definition) is 1. The van der Waals surface area contributed by atoms with E-state index in [9.17, 15) is 4.79 Å². The Morgan fingerprint density at radius 2 is 1.65 bits per heavy atom. The van der Waals surface area contributed by atoms with E-state index in [-0.39, 0.29) is 0 Å². The van der Waals surface area contributed by atoms with Crippen LogP contribution in [0, 0.1) is 0 Å². The van der Waals surface area contributed by atoms with Crippen LogP contribution in [0.2, 0.25) is 0 Å². The van der Waals surface area contributed by atoms with Gasteiger partial charge in [0, 0.05) is 18.2 Å². The molecular weight excluding hydrogens is 224 g/mol. The number of carboxylic acids is 1. The van der Waals surface area contributed by atoms with E-state index in [1.54, 1.807) is 25.1 Å². The second-order valence-corrected chi connectivity index (χ2v) is 3.40. The van der Waals surface area contributed by atoms with Crippen LogP contribution in [0.25, 0.3) is 0 Å². The fourth-order valence-electron chi connectivity index (χ4n) is 1.32. The quantitative estimate of drug-likeness (QED) is 0.823. The molecule has 0 saturated carbocycles. The first kappa shape index (κ1) is 13.2. The number of rotatable bonds is 6. The molecule has 1 atom stereocenters. The van der Waals surface area contributed by atoms with Gasteiger partial charge in [-0.3, -0.25) is 0 Å². The molecule has 0 heterocycles. The molecule has 94 valence electrons. The topological polar surface area (TPSA) is 65.0 Å². The fourth-order valence-corrected chi connectivity index (χ4v) is 1.32. The molecule has 1 aromatic carbocycles. The van der Waals surface area contributed by atoms with Crippen LogP contribution in [0.4, 0.5) is 0 Å². The van der Waals surface area contributed by atoms with Gasteiger partial charge in [-0.1, -0.05) is 6.92 Å². The summed E-state index contributed by atoms with van der Waals surface area (Å²) in [4.78, 5) is 10.9. The number of hydrogen-bond acceptors (Lipinski definition) is 4. The summed E-state index contributed by atoms with van der Waals surface area (Å²) in [7, 11) is 3.04. The fraction of sp³-hybridized carbons (Fsp3) is 0.417. The van der Waals surface area contributed by atoms with Gasteiger partial charge in [-0.2, -0.15) is 0 Å². The lowest BCUT2D eigenvalue weighted by Gasteiger charge is -2.14. The van der Waals surface area contributed by atoms with Crippen LogP contribution in [0.5, 0.6) is 17.2 Å². The molecule has 5 nitrogen and oxygen atoms in total. The van der Waals surface area contributed by atoms with Crippen molar-refractivity contribution in [2.75, 3.05) is 14.2 Å². The average Bonchev–Trinajstić information content (AvgIpc) is 2.34. The summed E-state index contributed by atoms with van der Waals surface area (Å²) in [5.74, 6) is 0.531. The van der Waals surface area contributed by atoms with Gasteiger partial charge in [0.05, 0.1) is 14.2 Å². The van der Waals surface area contributed by atoms with E-state index in [1.165, 1.54) is 14.2 Å². The van der Waals surface area contributed by atoms with Crippen molar-refractivity contribution in [1.82, 2.24) is 0 Å². The molecule has 0 bridgehead atoms. The van der Waals surface area contributed by atoms with Gasteiger partial charge in [0.1, 0.15) is 17.2 Å². The van der Waals surface area contributed by atoms with Crippen LogP contribution >= 0.6 is 0 Å². The normalized spacial score (nSPS) is 11.7. The van der Waals surface area contributed by atoms with Crippen LogP contribution < -0.4 is 14.2 Å². The molecule has 5 heteroatoms. The van der Waals surface area contributed by atoms with E-state index in [1.807, 2.05) is 0 Å². The maximum Gasteiger partial charge on any atom is 0.344 e. The van der Waals surface area contributed by atoms with Crippen molar-refractivity contribution in [2.45, 2.75) is 19.4 Å². The smallest absolute Gasteiger partial charge is 0.344 e. The average molecular weight is 240 g/mol. The van der Waals surface area contributed by atoms with Gasteiger partial charge in [0.15, 0.2) is 6.10 Å². The minimum Gasteiger partial charge on any atom is -0.496 e. The van der Waals surface area contributed by atoms with Crippen molar-refractivity contribution in [3.05, 3.63) is 18.2 Å². The zero-order valence-corrected chi connectivity index (χ0v) is 10.1. The first-order valence-corrected chi connectivity index (χ1v) is 5.23. The Morgan fingerprint density at radius 1 is 1.18 bits per heavy atom. The maximum atomic E-state index is 10.9. The molecule has 1 N–H and O–H groups in total. The van der Waals surface area contributed by atoms with Gasteiger partial charge in [-0.15, -0.1) is 0 Å². The molecule has 0 amide bonds. The Bertz CT molecular complexity index is 366. The molecule has 17 heavy (non-hydrogen) atoms. The van der Waals surface area contributed by atoms with Gasteiger partial charge < -0.3 is 19.3 Å². The van der Waals surface area contributed by atoms with E-state index >= 15 is 0 Å². The summed E-state index contributed by atoms with van der Waals surface area (Å²) < 4.78 is 15.5. The van der Waals surface area contributed by atoms with Crippen molar-refractivity contribution in [3.63, 3.8) is 0 Å². The van der Waals surface area contributed by atoms with Gasteiger partial charge in [0.2, 0.25) is 0 Å². The molecule has 0 radical (unpaired) electrons. The third-order valence-electron chi connectivity index (χ3n) is 2.25. The molecule has 1 aromatic rings. The minimum atomic E-state index is -0.991. The van der Waals surface area contributed by atoms with Crippen molar-refractivity contribution in [1.29, 1.82) is 0 Å². The molecule has 0 aromatic heterocycles. The molecule has 0 spiro atoms. The van der Waals surface area contributed by atoms with E-state index in [2.05, 4.69) is 0 Å². The van der Waals surface area contributed by atoms with Gasteiger partial charge in [0.25, 0.3) is 0 Å². The number of carboxylic acid groups (broad SMARTS) is 1. The lowest BCUT2D eigenvalue weighted by molar-refractivity contribution is -0.145. The first-order valence-electron chi connectivity index (χ1n) is 5.23. The standard InChI is InChI=1S/C12H16O5/c1-4-11(12(13)14)17-10-6-8(15-2)5-9(7-10)16-3/h5-7,11H,4H2,1-3H3,(H,13,14). The first-order chi connectivity index (χ1) is 8.10. The summed E-state index contributed by atoms with van der Waals surface area (Å²) in [6.07, 6.45) is -0.485. The summed E-state index contributed by atoms with van der Waals surface area (Å²) in [6.45, 7) is 1.75. The lowest BCUT2D eigenvalue weighted by Crippen LogP contribution is -2.25. The zero-order chi connectivity index (χ0) is 12.8. The second kappa shape index (κ2) is 5.98. The van der Waals surface area contributed by atoms with E-state index < -0.39 is 12.1 Å². The summed E-state index contributed by atoms with van der Waals surface area (Å²) in [5.41, 5.74) is 0. The van der Waals surface area contributed by atoms with E-state index in [0.29, 0.717) is 23.7 Å². The third kappa shape index (κ3) is 3.55. The van der Waals surface area contributed by atoms with E-state index in [0.717, 1.165) is 0 Å². The van der Waals surface area contributed by atoms with Gasteiger partial charge in [-0.05, 0) is 6.42 Å². The zero-order valence-electron chi connectivity index (χ0n) is 10.1. The lowest BCUT2D eigenvalue weighted by atomic mass is 10.2. The third-order valence-corrected chi connectivity index (χ3v) is 2.25. The summed E-state index contributed by atoms with van der Waals surface area (Å²) in [6, 6.07) is 4.93. The largest absolute Gasteiger partial charge is 0.496 e. The molecular formula is C12H16O5. The Labute approximate surface area is 99.9 Å². The molecule has 0 aliphatic carbocycles. The Morgan fingerprint density at radius 3 is 2.00 bits per heavy atom. The highest BCUT2D eigenvalue weighted by Crippen LogP contribution is 2.28. The van der Waals surface area contributed by atoms with Crippen molar-refractivity contribution >= 4 is 5.97 Å². The van der Waals surface area contributed by atoms with Crippen LogP contribution in [0.3, 0.4) is 0 Å². The monoisotopic (exact) mass is 240 g/mol. The number of ether oxygens (including phenoxy) is 3. The minimum absolute atomic E-state index is 0.384. The molecule has 0 saturated heterocycles. The molecule has 1 unspecified atom stereocenters. The predicted molar refractivity (Wildman–Crippen MR) is 61.9 cm³/mol. The van der Waals surface area contributed by atoms with Crippen LogP contribution in [-0.4, -0.2) is 31.4 Å². The second-order valence-electron chi connectivity index (χ2n) is 3.40. The SMILES string of the molecule is CCC(Oc1cc(OC)cc(OC)c1)C(=O)O. The van der Waals surface area contributed by atoms with Crippen LogP contribution in [0.15, 0.2) is 18.2 Å². The number of benzene rings is 1. The highest BCUT2D eigenvalue weighted by atomic mass is 16.5. The summed E-state index contributed by atoms with van der Waals surface area (Å²) in [5, 5.41) is 8.90. The van der Waals surface area contributed by atoms with Crippen molar-refractivity contribution in [3.8, 4) is 17.2 Å². The van der Waals surface area contributed by atoms with Crippen molar-refractivity contribution in [2.24, 2.45) is 0 Å². The Kier molecular flexibility index (Phi) is 4.63. The van der Waals surface area contributed by atoms with E-state index in [4.69, 9.17) is 19.3 Å². The number of methoxy groups -OCH3 is 2. The highest BCUT2D eigenvalue weighted by Gasteiger charge is 2.17. The van der Waals surface area contributed by atoms with Crippen LogP contribution in [0.1, 0.15) is 13.3 Å². The van der Waals surface area contributed by atoms with Crippen molar-refractivity contribution < 1.29 is 24.1 Å². The molecule has 1 rings (SSSR count). The van der Waals surface area contributed by atoms with Gasteiger partial charge in [-0.25, -0.2) is 4.79 Å². The molecule has 0 aliphatic heterocycles. The number of aliphatic carboxylic acids is 1. The predicted octanol–water partition coefficient (Wildman–Crippen LogP) is 1.95. The Balaban J connectivity index is 2.92. The highest BCUT2D eigenvalue weighted by molar-refractivity contribution is 5.72. The molecule has 0 aliphatic rings. The van der Waals surface area contributed by atoms with Crippen LogP contribution in [-0.2, 0) is 4.79 Å². The Hall–Kier alpha value is -1.91.